The largest absolute Gasteiger partial charge is 0.493 e. The number of amides is 2. The molecule has 2 heterocycles. The molecule has 4 rings (SSSR count). The SMILES string of the molecule is COc1cc(Br)cc2c1O[C@@]1(C)C[C@H]2NC(=O)N1c1ccc(C)c(C)c1. The summed E-state index contributed by atoms with van der Waals surface area (Å²) in [6.07, 6.45) is 0.651. The van der Waals surface area contributed by atoms with E-state index in [1.54, 1.807) is 12.0 Å². The molecule has 2 atom stereocenters. The zero-order valence-corrected chi connectivity index (χ0v) is 16.8. The molecule has 0 unspecified atom stereocenters. The molecule has 2 aromatic carbocycles. The Morgan fingerprint density at radius 3 is 2.73 bits per heavy atom. The Hall–Kier alpha value is -2.21. The number of ether oxygens (including phenoxy) is 2. The van der Waals surface area contributed by atoms with Crippen molar-refractivity contribution in [2.75, 3.05) is 12.0 Å². The number of nitrogens with zero attached hydrogens (tertiary/aromatic N) is 1. The van der Waals surface area contributed by atoms with Gasteiger partial charge in [-0.15, -0.1) is 0 Å². The molecule has 1 saturated heterocycles. The van der Waals surface area contributed by atoms with Gasteiger partial charge in [0.25, 0.3) is 0 Å². The number of methoxy groups -OCH3 is 1. The molecular formula is C20H21BrN2O3. The van der Waals surface area contributed by atoms with E-state index >= 15 is 0 Å². The van der Waals surface area contributed by atoms with Crippen molar-refractivity contribution >= 4 is 27.6 Å². The second-order valence-corrected chi connectivity index (χ2v) is 8.03. The third kappa shape index (κ3) is 2.55. The van der Waals surface area contributed by atoms with E-state index in [4.69, 9.17) is 9.47 Å². The van der Waals surface area contributed by atoms with Gasteiger partial charge in [0.05, 0.1) is 13.2 Å². The van der Waals surface area contributed by atoms with Crippen molar-refractivity contribution in [2.24, 2.45) is 0 Å². The Kier molecular flexibility index (Phi) is 3.91. The molecule has 2 aliphatic heterocycles. The van der Waals surface area contributed by atoms with Crippen LogP contribution in [0.4, 0.5) is 10.5 Å². The first kappa shape index (κ1) is 17.2. The van der Waals surface area contributed by atoms with Crippen LogP contribution < -0.4 is 19.7 Å². The maximum absolute atomic E-state index is 13.0. The van der Waals surface area contributed by atoms with E-state index in [0.717, 1.165) is 21.3 Å². The number of nitrogens with one attached hydrogen (secondary N) is 1. The number of fused-ring (bicyclic) bond motifs is 4. The van der Waals surface area contributed by atoms with E-state index in [1.165, 1.54) is 5.56 Å². The molecule has 0 radical (unpaired) electrons. The average molecular weight is 417 g/mol. The monoisotopic (exact) mass is 416 g/mol. The molecule has 2 aromatic rings. The molecule has 1 fully saturated rings. The Balaban J connectivity index is 1.83. The van der Waals surface area contributed by atoms with Gasteiger partial charge in [-0.3, -0.25) is 4.90 Å². The number of aryl methyl sites for hydroxylation is 2. The van der Waals surface area contributed by atoms with E-state index in [9.17, 15) is 4.79 Å². The summed E-state index contributed by atoms with van der Waals surface area (Å²) < 4.78 is 12.8. The molecule has 5 nitrogen and oxygen atoms in total. The maximum Gasteiger partial charge on any atom is 0.325 e. The lowest BCUT2D eigenvalue weighted by molar-refractivity contribution is 0.0349. The summed E-state index contributed by atoms with van der Waals surface area (Å²) in [6.45, 7) is 6.06. The Labute approximate surface area is 161 Å². The van der Waals surface area contributed by atoms with Crippen LogP contribution in [0, 0.1) is 13.8 Å². The summed E-state index contributed by atoms with van der Waals surface area (Å²) in [4.78, 5) is 14.7. The lowest BCUT2D eigenvalue weighted by Gasteiger charge is -2.50. The van der Waals surface area contributed by atoms with Crippen LogP contribution in [0.2, 0.25) is 0 Å². The first-order chi connectivity index (χ1) is 12.3. The second kappa shape index (κ2) is 5.91. The highest BCUT2D eigenvalue weighted by Crippen LogP contribution is 2.50. The van der Waals surface area contributed by atoms with Crippen molar-refractivity contribution in [2.45, 2.75) is 39.0 Å². The minimum Gasteiger partial charge on any atom is -0.493 e. The summed E-state index contributed by atoms with van der Waals surface area (Å²) in [5.41, 5.74) is 3.30. The molecule has 2 bridgehead atoms. The highest BCUT2D eigenvalue weighted by atomic mass is 79.9. The number of hydrogen-bond donors (Lipinski definition) is 1. The van der Waals surface area contributed by atoms with Crippen LogP contribution in [0.1, 0.15) is 36.1 Å². The molecule has 2 amide bonds. The number of urea groups is 1. The van der Waals surface area contributed by atoms with Gasteiger partial charge in [0.2, 0.25) is 0 Å². The van der Waals surface area contributed by atoms with Crippen molar-refractivity contribution in [3.05, 3.63) is 51.5 Å². The third-order valence-corrected chi connectivity index (χ3v) is 5.73. The van der Waals surface area contributed by atoms with Crippen molar-refractivity contribution in [1.82, 2.24) is 5.32 Å². The summed E-state index contributed by atoms with van der Waals surface area (Å²) in [6, 6.07) is 9.60. The fourth-order valence-electron chi connectivity index (χ4n) is 3.81. The predicted molar refractivity (Wildman–Crippen MR) is 104 cm³/mol. The number of hydrogen-bond acceptors (Lipinski definition) is 3. The molecular weight excluding hydrogens is 396 g/mol. The number of carbonyl (C=O) groups excluding carboxylic acids is 1. The van der Waals surface area contributed by atoms with E-state index in [-0.39, 0.29) is 12.1 Å². The maximum atomic E-state index is 13.0. The Morgan fingerprint density at radius 2 is 2.04 bits per heavy atom. The predicted octanol–water partition coefficient (Wildman–Crippen LogP) is 4.84. The minimum absolute atomic E-state index is 0.120. The van der Waals surface area contributed by atoms with Crippen LogP contribution in [0.15, 0.2) is 34.8 Å². The van der Waals surface area contributed by atoms with Crippen molar-refractivity contribution in [3.63, 3.8) is 0 Å². The second-order valence-electron chi connectivity index (χ2n) is 7.11. The van der Waals surface area contributed by atoms with Gasteiger partial charge >= 0.3 is 6.03 Å². The fourth-order valence-corrected chi connectivity index (χ4v) is 4.26. The van der Waals surface area contributed by atoms with Gasteiger partial charge in [-0.05, 0) is 56.2 Å². The highest BCUT2D eigenvalue weighted by Gasteiger charge is 2.50. The Bertz CT molecular complexity index is 914. The number of rotatable bonds is 2. The van der Waals surface area contributed by atoms with Gasteiger partial charge in [-0.2, -0.15) is 0 Å². The zero-order valence-electron chi connectivity index (χ0n) is 15.2. The summed E-state index contributed by atoms with van der Waals surface area (Å²) in [5, 5.41) is 3.12. The zero-order chi connectivity index (χ0) is 18.6. The lowest BCUT2D eigenvalue weighted by atomic mass is 9.89. The summed E-state index contributed by atoms with van der Waals surface area (Å²) in [7, 11) is 1.62. The van der Waals surface area contributed by atoms with Gasteiger partial charge in [0.15, 0.2) is 17.2 Å². The molecule has 6 heteroatoms. The smallest absolute Gasteiger partial charge is 0.325 e. The molecule has 0 aliphatic carbocycles. The summed E-state index contributed by atoms with van der Waals surface area (Å²) in [5.74, 6) is 1.34. The minimum atomic E-state index is -0.789. The van der Waals surface area contributed by atoms with Crippen LogP contribution in [0.3, 0.4) is 0 Å². The van der Waals surface area contributed by atoms with Crippen molar-refractivity contribution < 1.29 is 14.3 Å². The lowest BCUT2D eigenvalue weighted by Crippen LogP contribution is -2.65. The molecule has 0 saturated carbocycles. The van der Waals surface area contributed by atoms with Crippen molar-refractivity contribution in [3.8, 4) is 11.5 Å². The van der Waals surface area contributed by atoms with Crippen LogP contribution >= 0.6 is 15.9 Å². The van der Waals surface area contributed by atoms with Crippen LogP contribution in [-0.2, 0) is 0 Å². The van der Waals surface area contributed by atoms with E-state index < -0.39 is 5.72 Å². The molecule has 1 N–H and O–H groups in total. The topological polar surface area (TPSA) is 50.8 Å². The van der Waals surface area contributed by atoms with Gasteiger partial charge in [-0.1, -0.05) is 22.0 Å². The van der Waals surface area contributed by atoms with Gasteiger partial charge in [0, 0.05) is 22.1 Å². The summed E-state index contributed by atoms with van der Waals surface area (Å²) >= 11 is 3.51. The number of carbonyl (C=O) groups is 1. The number of halogens is 1. The number of benzene rings is 2. The highest BCUT2D eigenvalue weighted by molar-refractivity contribution is 9.10. The van der Waals surface area contributed by atoms with Crippen molar-refractivity contribution in [1.29, 1.82) is 0 Å². The number of anilines is 1. The first-order valence-electron chi connectivity index (χ1n) is 8.57. The normalized spacial score (nSPS) is 23.8. The first-order valence-corrected chi connectivity index (χ1v) is 9.36. The molecule has 2 aliphatic rings. The average Bonchev–Trinajstić information content (AvgIpc) is 2.57. The quantitative estimate of drug-likeness (QED) is 0.761. The van der Waals surface area contributed by atoms with E-state index in [0.29, 0.717) is 17.9 Å². The molecule has 136 valence electrons. The third-order valence-electron chi connectivity index (χ3n) is 5.27. The molecule has 26 heavy (non-hydrogen) atoms. The van der Waals surface area contributed by atoms with Crippen LogP contribution in [-0.4, -0.2) is 18.9 Å². The van der Waals surface area contributed by atoms with Crippen LogP contribution in [0.25, 0.3) is 0 Å². The molecule has 0 spiro atoms. The standard InChI is InChI=1S/C20H21BrN2O3/c1-11-5-6-14(7-12(11)2)23-19(24)22-16-10-20(23,3)26-18-15(16)8-13(21)9-17(18)25-4/h5-9,16H,10H2,1-4H3,(H,22,24)/t16-,20+/m1/s1. The van der Waals surface area contributed by atoms with Crippen LogP contribution in [0.5, 0.6) is 11.5 Å². The van der Waals surface area contributed by atoms with Gasteiger partial charge in [-0.25, -0.2) is 4.79 Å². The van der Waals surface area contributed by atoms with E-state index in [1.807, 2.05) is 44.2 Å². The fraction of sp³-hybridized carbons (Fsp3) is 0.350. The van der Waals surface area contributed by atoms with Gasteiger partial charge < -0.3 is 14.8 Å². The van der Waals surface area contributed by atoms with Gasteiger partial charge in [0.1, 0.15) is 0 Å². The molecule has 0 aromatic heterocycles. The van der Waals surface area contributed by atoms with E-state index in [2.05, 4.69) is 28.2 Å². The Morgan fingerprint density at radius 1 is 1.27 bits per heavy atom.